The van der Waals surface area contributed by atoms with Crippen LogP contribution in [0.2, 0.25) is 0 Å². The van der Waals surface area contributed by atoms with Crippen molar-refractivity contribution in [3.63, 3.8) is 0 Å². The Kier molecular flexibility index (Phi) is 2.84. The Morgan fingerprint density at radius 3 is 2.69 bits per heavy atom. The molecule has 0 aliphatic carbocycles. The van der Waals surface area contributed by atoms with E-state index in [4.69, 9.17) is 9.57 Å². The predicted octanol–water partition coefficient (Wildman–Crippen LogP) is 0.266. The van der Waals surface area contributed by atoms with Gasteiger partial charge < -0.3 is 4.74 Å². The van der Waals surface area contributed by atoms with Gasteiger partial charge in [-0.25, -0.2) is 4.79 Å². The van der Waals surface area contributed by atoms with E-state index in [0.29, 0.717) is 0 Å². The fraction of sp³-hybridized carbons (Fsp3) is 0.333. The van der Waals surface area contributed by atoms with Crippen molar-refractivity contribution in [2.24, 2.45) is 0 Å². The van der Waals surface area contributed by atoms with Crippen molar-refractivity contribution in [1.82, 2.24) is 0 Å². The molecular formula is C9H12NO3+. The Morgan fingerprint density at radius 2 is 2.23 bits per heavy atom. The molecule has 1 aromatic heterocycles. The van der Waals surface area contributed by atoms with Crippen LogP contribution < -0.4 is 14.3 Å². The molecule has 1 rings (SSSR count). The van der Waals surface area contributed by atoms with E-state index in [9.17, 15) is 4.79 Å². The first-order valence-corrected chi connectivity index (χ1v) is 3.88. The molecule has 70 valence electrons. The second-order valence-electron chi connectivity index (χ2n) is 2.62. The van der Waals surface area contributed by atoms with E-state index in [1.54, 1.807) is 25.4 Å². The van der Waals surface area contributed by atoms with Crippen molar-refractivity contribution < 1.29 is 19.1 Å². The van der Waals surface area contributed by atoms with Gasteiger partial charge in [-0.05, 0) is 0 Å². The summed E-state index contributed by atoms with van der Waals surface area (Å²) in [5.41, 5.74) is 0.801. The molecule has 0 aliphatic rings. The molecule has 0 N–H and O–H groups in total. The maximum Gasteiger partial charge on any atom is 0.377 e. The Labute approximate surface area is 76.7 Å². The topological polar surface area (TPSA) is 39.4 Å². The highest BCUT2D eigenvalue weighted by atomic mass is 16.7. The molecule has 13 heavy (non-hydrogen) atoms. The SMILES string of the molecule is COc1cc[n+](OC(C)=O)c(C)c1. The second kappa shape index (κ2) is 3.89. The Balaban J connectivity index is 2.91. The minimum absolute atomic E-state index is 0.349. The van der Waals surface area contributed by atoms with Gasteiger partial charge in [0.25, 0.3) is 0 Å². The van der Waals surface area contributed by atoms with E-state index in [1.165, 1.54) is 11.7 Å². The van der Waals surface area contributed by atoms with Crippen LogP contribution in [0.15, 0.2) is 18.3 Å². The summed E-state index contributed by atoms with van der Waals surface area (Å²) in [7, 11) is 1.59. The number of carbonyl (C=O) groups is 1. The first-order valence-electron chi connectivity index (χ1n) is 3.88. The van der Waals surface area contributed by atoms with Gasteiger partial charge in [-0.1, -0.05) is 0 Å². The van der Waals surface area contributed by atoms with Gasteiger partial charge >= 0.3 is 5.97 Å². The van der Waals surface area contributed by atoms with Gasteiger partial charge in [-0.2, -0.15) is 4.84 Å². The van der Waals surface area contributed by atoms with Crippen LogP contribution >= 0.6 is 0 Å². The summed E-state index contributed by atoms with van der Waals surface area (Å²) in [6, 6.07) is 3.50. The van der Waals surface area contributed by atoms with Gasteiger partial charge in [0.1, 0.15) is 5.75 Å². The van der Waals surface area contributed by atoms with Gasteiger partial charge in [-0.15, -0.1) is 0 Å². The molecule has 4 heteroatoms. The van der Waals surface area contributed by atoms with Gasteiger partial charge in [0.05, 0.1) is 13.2 Å². The molecular weight excluding hydrogens is 170 g/mol. The lowest BCUT2D eigenvalue weighted by Gasteiger charge is -1.99. The fourth-order valence-corrected chi connectivity index (χ4v) is 0.944. The zero-order valence-electron chi connectivity index (χ0n) is 7.90. The average molecular weight is 182 g/mol. The van der Waals surface area contributed by atoms with Gasteiger partial charge in [-0.3, -0.25) is 0 Å². The molecule has 4 nitrogen and oxygen atoms in total. The second-order valence-corrected chi connectivity index (χ2v) is 2.62. The molecule has 0 aliphatic heterocycles. The lowest BCUT2D eigenvalue weighted by molar-refractivity contribution is -0.873. The van der Waals surface area contributed by atoms with Crippen molar-refractivity contribution in [3.05, 3.63) is 24.0 Å². The summed E-state index contributed by atoms with van der Waals surface area (Å²) in [5, 5.41) is 0. The zero-order valence-corrected chi connectivity index (χ0v) is 7.90. The van der Waals surface area contributed by atoms with Crippen LogP contribution in [0.25, 0.3) is 0 Å². The number of hydrogen-bond acceptors (Lipinski definition) is 3. The number of ether oxygens (including phenoxy) is 1. The zero-order chi connectivity index (χ0) is 9.84. The first kappa shape index (κ1) is 9.51. The Hall–Kier alpha value is -1.58. The van der Waals surface area contributed by atoms with Crippen molar-refractivity contribution in [1.29, 1.82) is 0 Å². The minimum atomic E-state index is -0.349. The third-order valence-electron chi connectivity index (χ3n) is 1.54. The third-order valence-corrected chi connectivity index (χ3v) is 1.54. The van der Waals surface area contributed by atoms with E-state index in [0.717, 1.165) is 11.4 Å². The van der Waals surface area contributed by atoms with E-state index in [1.807, 2.05) is 6.92 Å². The van der Waals surface area contributed by atoms with Crippen molar-refractivity contribution >= 4 is 5.97 Å². The molecule has 0 atom stereocenters. The molecule has 1 heterocycles. The van der Waals surface area contributed by atoms with E-state index in [2.05, 4.69) is 0 Å². The monoisotopic (exact) mass is 182 g/mol. The summed E-state index contributed by atoms with van der Waals surface area (Å²) in [4.78, 5) is 15.5. The Morgan fingerprint density at radius 1 is 1.54 bits per heavy atom. The maximum atomic E-state index is 10.6. The number of carbonyl (C=O) groups excluding carboxylic acids is 1. The smallest absolute Gasteiger partial charge is 0.377 e. The molecule has 0 unspecified atom stereocenters. The maximum absolute atomic E-state index is 10.6. The summed E-state index contributed by atoms with van der Waals surface area (Å²) < 4.78 is 6.39. The quantitative estimate of drug-likeness (QED) is 0.616. The van der Waals surface area contributed by atoms with Gasteiger partial charge in [0, 0.05) is 24.6 Å². The van der Waals surface area contributed by atoms with Crippen LogP contribution in [0.1, 0.15) is 12.6 Å². The van der Waals surface area contributed by atoms with Crippen LogP contribution in [0.4, 0.5) is 0 Å². The number of hydrogen-bond donors (Lipinski definition) is 0. The van der Waals surface area contributed by atoms with Crippen LogP contribution in [0.3, 0.4) is 0 Å². The number of nitrogens with zero attached hydrogens (tertiary/aromatic N) is 1. The highest BCUT2D eigenvalue weighted by Crippen LogP contribution is 2.07. The molecule has 0 aromatic carbocycles. The lowest BCUT2D eigenvalue weighted by atomic mass is 10.3. The largest absolute Gasteiger partial charge is 0.496 e. The number of aromatic nitrogens is 1. The summed E-state index contributed by atoms with van der Waals surface area (Å²) in [6.07, 6.45) is 1.63. The van der Waals surface area contributed by atoms with Gasteiger partial charge in [0.2, 0.25) is 11.9 Å². The number of pyridine rings is 1. The average Bonchev–Trinajstić information content (AvgIpc) is 2.08. The molecule has 0 spiro atoms. The van der Waals surface area contributed by atoms with Crippen LogP contribution in [0.5, 0.6) is 5.75 Å². The van der Waals surface area contributed by atoms with Gasteiger partial charge in [0.15, 0.2) is 0 Å². The van der Waals surface area contributed by atoms with Crippen LogP contribution in [-0.4, -0.2) is 13.1 Å². The number of rotatable bonds is 2. The third kappa shape index (κ3) is 2.43. The molecule has 0 fully saturated rings. The van der Waals surface area contributed by atoms with Crippen molar-refractivity contribution in [3.8, 4) is 5.75 Å². The standard InChI is InChI=1S/C9H12NO3/c1-7-6-9(12-3)4-5-10(7)13-8(2)11/h4-6H,1-3H3/q+1. The summed E-state index contributed by atoms with van der Waals surface area (Å²) in [5.74, 6) is 0.388. The van der Waals surface area contributed by atoms with E-state index >= 15 is 0 Å². The number of methoxy groups -OCH3 is 1. The normalized spacial score (nSPS) is 9.46. The predicted molar refractivity (Wildman–Crippen MR) is 45.2 cm³/mol. The van der Waals surface area contributed by atoms with Crippen LogP contribution in [-0.2, 0) is 4.79 Å². The molecule has 0 saturated heterocycles. The van der Waals surface area contributed by atoms with E-state index < -0.39 is 0 Å². The summed E-state index contributed by atoms with van der Waals surface area (Å²) >= 11 is 0. The minimum Gasteiger partial charge on any atom is -0.496 e. The summed E-state index contributed by atoms with van der Waals surface area (Å²) in [6.45, 7) is 3.18. The van der Waals surface area contributed by atoms with Crippen molar-refractivity contribution in [2.45, 2.75) is 13.8 Å². The van der Waals surface area contributed by atoms with E-state index in [-0.39, 0.29) is 5.97 Å². The fourth-order valence-electron chi connectivity index (χ4n) is 0.944. The molecule has 0 amide bonds. The lowest BCUT2D eigenvalue weighted by Crippen LogP contribution is -2.47. The molecule has 1 aromatic rings. The number of aryl methyl sites for hydroxylation is 1. The molecule has 0 saturated carbocycles. The molecule has 0 bridgehead atoms. The highest BCUT2D eigenvalue weighted by Gasteiger charge is 2.11. The Bertz CT molecular complexity index is 323. The molecule has 0 radical (unpaired) electrons. The van der Waals surface area contributed by atoms with Crippen LogP contribution in [0, 0.1) is 6.92 Å². The first-order chi connectivity index (χ1) is 6.13. The highest BCUT2D eigenvalue weighted by molar-refractivity contribution is 5.65. The van der Waals surface area contributed by atoms with Crippen molar-refractivity contribution in [2.75, 3.05) is 7.11 Å².